The van der Waals surface area contributed by atoms with Gasteiger partial charge in [0.2, 0.25) is 0 Å². The molecule has 21 heavy (non-hydrogen) atoms. The first kappa shape index (κ1) is 14.1. The Hall–Kier alpha value is -1.87. The van der Waals surface area contributed by atoms with E-state index in [9.17, 15) is 9.50 Å². The molecule has 1 aliphatic heterocycles. The molecule has 1 N–H and O–H groups in total. The molecule has 3 rings (SSSR count). The zero-order valence-corrected chi connectivity index (χ0v) is 12.2. The van der Waals surface area contributed by atoms with Crippen LogP contribution >= 0.6 is 0 Å². The molecule has 2 aromatic rings. The lowest BCUT2D eigenvalue weighted by Crippen LogP contribution is -2.19. The first-order chi connectivity index (χ1) is 10.0. The van der Waals surface area contributed by atoms with E-state index in [2.05, 4.69) is 26.0 Å². The Kier molecular flexibility index (Phi) is 3.68. The highest BCUT2D eigenvalue weighted by Gasteiger charge is 2.28. The summed E-state index contributed by atoms with van der Waals surface area (Å²) >= 11 is 0. The van der Waals surface area contributed by atoms with Gasteiger partial charge in [0.15, 0.2) is 0 Å². The van der Waals surface area contributed by atoms with Crippen LogP contribution in [-0.4, -0.2) is 5.11 Å². The van der Waals surface area contributed by atoms with Crippen LogP contribution in [0, 0.1) is 5.82 Å². The Bertz CT molecular complexity index is 634. The van der Waals surface area contributed by atoms with Gasteiger partial charge in [-0.2, -0.15) is 0 Å². The average molecular weight is 286 g/mol. The van der Waals surface area contributed by atoms with Crippen molar-refractivity contribution in [1.29, 1.82) is 0 Å². The van der Waals surface area contributed by atoms with Gasteiger partial charge in [-0.3, -0.25) is 0 Å². The molecule has 0 aliphatic carbocycles. The van der Waals surface area contributed by atoms with Gasteiger partial charge in [0.05, 0.1) is 6.10 Å². The second-order valence-electron chi connectivity index (χ2n) is 5.86. The van der Waals surface area contributed by atoms with Crippen LogP contribution in [0.1, 0.15) is 55.1 Å². The van der Waals surface area contributed by atoms with Gasteiger partial charge in [-0.25, -0.2) is 4.39 Å². The Morgan fingerprint density at radius 2 is 1.86 bits per heavy atom. The summed E-state index contributed by atoms with van der Waals surface area (Å²) < 4.78 is 19.2. The standard InChI is InChI=1S/C18H19FO2/c1-11(2)12-3-5-13(6-4-12)17-10-16(20)15-8-7-14(19)9-18(15)21-17/h3-9,11,16-17,20H,10H2,1-2H3/t16-,17?/m1/s1. The van der Waals surface area contributed by atoms with Crippen LogP contribution in [0.2, 0.25) is 0 Å². The highest BCUT2D eigenvalue weighted by Crippen LogP contribution is 2.41. The van der Waals surface area contributed by atoms with Gasteiger partial charge in [-0.1, -0.05) is 38.1 Å². The van der Waals surface area contributed by atoms with Crippen molar-refractivity contribution in [3.05, 3.63) is 65.0 Å². The van der Waals surface area contributed by atoms with Crippen LogP contribution in [0.3, 0.4) is 0 Å². The van der Waals surface area contributed by atoms with E-state index in [0.29, 0.717) is 23.7 Å². The molecular formula is C18H19FO2. The third kappa shape index (κ3) is 2.79. The van der Waals surface area contributed by atoms with Crippen LogP contribution in [0.15, 0.2) is 42.5 Å². The van der Waals surface area contributed by atoms with E-state index in [1.165, 1.54) is 17.7 Å². The molecule has 110 valence electrons. The first-order valence-electron chi connectivity index (χ1n) is 7.28. The molecule has 0 saturated carbocycles. The molecule has 0 saturated heterocycles. The molecular weight excluding hydrogens is 267 g/mol. The van der Waals surface area contributed by atoms with E-state index in [0.717, 1.165) is 5.56 Å². The molecule has 0 amide bonds. The van der Waals surface area contributed by atoms with Crippen LogP contribution in [0.5, 0.6) is 5.75 Å². The van der Waals surface area contributed by atoms with E-state index < -0.39 is 6.10 Å². The normalized spacial score (nSPS) is 21.0. The molecule has 0 spiro atoms. The number of hydrogen-bond donors (Lipinski definition) is 1. The monoisotopic (exact) mass is 286 g/mol. The summed E-state index contributed by atoms with van der Waals surface area (Å²) in [5, 5.41) is 10.2. The maximum atomic E-state index is 13.3. The molecule has 2 aromatic carbocycles. The SMILES string of the molecule is CC(C)c1ccc(C2C[C@@H](O)c3ccc(F)cc3O2)cc1. The summed E-state index contributed by atoms with van der Waals surface area (Å²) in [7, 11) is 0. The van der Waals surface area contributed by atoms with Crippen LogP contribution < -0.4 is 4.74 Å². The van der Waals surface area contributed by atoms with Crippen molar-refractivity contribution in [2.24, 2.45) is 0 Å². The number of fused-ring (bicyclic) bond motifs is 1. The summed E-state index contributed by atoms with van der Waals surface area (Å²) in [4.78, 5) is 0. The van der Waals surface area contributed by atoms with Crippen molar-refractivity contribution in [2.75, 3.05) is 0 Å². The number of halogens is 1. The largest absolute Gasteiger partial charge is 0.485 e. The predicted molar refractivity (Wildman–Crippen MR) is 79.9 cm³/mol. The molecule has 0 fully saturated rings. The molecule has 2 nitrogen and oxygen atoms in total. The molecule has 1 aliphatic rings. The van der Waals surface area contributed by atoms with Crippen LogP contribution in [0.25, 0.3) is 0 Å². The number of ether oxygens (including phenoxy) is 1. The lowest BCUT2D eigenvalue weighted by atomic mass is 9.93. The van der Waals surface area contributed by atoms with Gasteiger partial charge in [-0.05, 0) is 29.2 Å². The third-order valence-electron chi connectivity index (χ3n) is 4.02. The van der Waals surface area contributed by atoms with Crippen molar-refractivity contribution in [3.8, 4) is 5.75 Å². The minimum absolute atomic E-state index is 0.240. The van der Waals surface area contributed by atoms with Crippen LogP contribution in [-0.2, 0) is 0 Å². The van der Waals surface area contributed by atoms with E-state index in [4.69, 9.17) is 4.74 Å². The summed E-state index contributed by atoms with van der Waals surface area (Å²) in [6.45, 7) is 4.30. The molecule has 0 aromatic heterocycles. The molecule has 2 atom stereocenters. The Morgan fingerprint density at radius 1 is 1.14 bits per heavy atom. The lowest BCUT2D eigenvalue weighted by molar-refractivity contribution is 0.0653. The molecule has 0 bridgehead atoms. The maximum absolute atomic E-state index is 13.3. The second-order valence-corrected chi connectivity index (χ2v) is 5.86. The fraction of sp³-hybridized carbons (Fsp3) is 0.333. The minimum atomic E-state index is -0.621. The topological polar surface area (TPSA) is 29.5 Å². The van der Waals surface area contributed by atoms with Gasteiger partial charge in [-0.15, -0.1) is 0 Å². The van der Waals surface area contributed by atoms with E-state index in [1.807, 2.05) is 12.1 Å². The van der Waals surface area contributed by atoms with Crippen molar-refractivity contribution < 1.29 is 14.2 Å². The lowest BCUT2D eigenvalue weighted by Gasteiger charge is -2.30. The fourth-order valence-electron chi connectivity index (χ4n) is 2.72. The zero-order chi connectivity index (χ0) is 15.0. The number of hydrogen-bond acceptors (Lipinski definition) is 2. The summed E-state index contributed by atoms with van der Waals surface area (Å²) in [6, 6.07) is 12.5. The highest BCUT2D eigenvalue weighted by atomic mass is 19.1. The van der Waals surface area contributed by atoms with Crippen molar-refractivity contribution in [3.63, 3.8) is 0 Å². The van der Waals surface area contributed by atoms with Gasteiger partial charge < -0.3 is 9.84 Å². The average Bonchev–Trinajstić information content (AvgIpc) is 2.46. The van der Waals surface area contributed by atoms with Crippen LogP contribution in [0.4, 0.5) is 4.39 Å². The Morgan fingerprint density at radius 3 is 2.52 bits per heavy atom. The maximum Gasteiger partial charge on any atom is 0.128 e. The Balaban J connectivity index is 1.88. The summed E-state index contributed by atoms with van der Waals surface area (Å²) in [5.74, 6) is 0.565. The van der Waals surface area contributed by atoms with Gasteiger partial charge in [0.1, 0.15) is 17.7 Å². The predicted octanol–water partition coefficient (Wildman–Crippen LogP) is 4.51. The molecule has 1 heterocycles. The summed E-state index contributed by atoms with van der Waals surface area (Å²) in [5.41, 5.74) is 2.93. The zero-order valence-electron chi connectivity index (χ0n) is 12.2. The number of aliphatic hydroxyl groups is 1. The number of benzene rings is 2. The number of aliphatic hydroxyl groups excluding tert-OH is 1. The van der Waals surface area contributed by atoms with E-state index >= 15 is 0 Å². The first-order valence-corrected chi connectivity index (χ1v) is 7.28. The van der Waals surface area contributed by atoms with Crippen molar-refractivity contribution in [2.45, 2.75) is 38.4 Å². The second kappa shape index (κ2) is 5.49. The summed E-state index contributed by atoms with van der Waals surface area (Å²) in [6.07, 6.45) is -0.376. The van der Waals surface area contributed by atoms with Gasteiger partial charge in [0.25, 0.3) is 0 Å². The smallest absolute Gasteiger partial charge is 0.128 e. The Labute approximate surface area is 124 Å². The van der Waals surface area contributed by atoms with Gasteiger partial charge in [0, 0.05) is 18.1 Å². The quantitative estimate of drug-likeness (QED) is 0.880. The van der Waals surface area contributed by atoms with E-state index in [1.54, 1.807) is 6.07 Å². The highest BCUT2D eigenvalue weighted by molar-refractivity contribution is 5.39. The van der Waals surface area contributed by atoms with Gasteiger partial charge >= 0.3 is 0 Å². The molecule has 1 unspecified atom stereocenters. The van der Waals surface area contributed by atoms with Crippen molar-refractivity contribution in [1.82, 2.24) is 0 Å². The fourth-order valence-corrected chi connectivity index (χ4v) is 2.72. The third-order valence-corrected chi connectivity index (χ3v) is 4.02. The number of rotatable bonds is 2. The molecule has 0 radical (unpaired) electrons. The van der Waals surface area contributed by atoms with Crippen molar-refractivity contribution >= 4 is 0 Å². The molecule has 3 heteroatoms. The van der Waals surface area contributed by atoms with E-state index in [-0.39, 0.29) is 11.9 Å². The minimum Gasteiger partial charge on any atom is -0.485 e.